The van der Waals surface area contributed by atoms with Gasteiger partial charge < -0.3 is 4.98 Å². The highest BCUT2D eigenvalue weighted by molar-refractivity contribution is 5.70. The van der Waals surface area contributed by atoms with Crippen LogP contribution in [0.2, 0.25) is 0 Å². The Morgan fingerprint density at radius 1 is 1.29 bits per heavy atom. The van der Waals surface area contributed by atoms with Gasteiger partial charge in [0, 0.05) is 0 Å². The maximum absolute atomic E-state index is 4.30. The summed E-state index contributed by atoms with van der Waals surface area (Å²) in [4.78, 5) is 15.2. The fraction of sp³-hybridized carbons (Fsp3) is 0. The van der Waals surface area contributed by atoms with E-state index >= 15 is 0 Å². The topological polar surface area (TPSA) is 72.3 Å². The largest absolute Gasteiger partial charge is 0.343 e. The number of hydrogen-bond donors (Lipinski definition) is 1. The lowest BCUT2D eigenvalue weighted by molar-refractivity contribution is 0.850. The van der Waals surface area contributed by atoms with Gasteiger partial charge in [-0.15, -0.1) is 0 Å². The quantitative estimate of drug-likeness (QED) is 0.602. The number of rotatable bonds is 1. The van der Waals surface area contributed by atoms with Crippen molar-refractivity contribution in [3.8, 4) is 5.82 Å². The summed E-state index contributed by atoms with van der Waals surface area (Å²) >= 11 is 0. The fourth-order valence-corrected chi connectivity index (χ4v) is 1.27. The lowest BCUT2D eigenvalue weighted by Gasteiger charge is -1.97. The minimum atomic E-state index is 0.679. The van der Waals surface area contributed by atoms with Crippen LogP contribution in [-0.2, 0) is 0 Å². The van der Waals surface area contributed by atoms with E-state index < -0.39 is 0 Å². The average molecular weight is 186 g/mol. The second-order valence-corrected chi connectivity index (χ2v) is 2.78. The molecule has 0 spiro atoms. The summed E-state index contributed by atoms with van der Waals surface area (Å²) in [6, 6.07) is 3.77. The first-order valence-corrected chi connectivity index (χ1v) is 4.08. The molecule has 1 N–H and O–H groups in total. The van der Waals surface area contributed by atoms with Crippen LogP contribution in [0.15, 0.2) is 31.1 Å². The number of pyridine rings is 1. The molecule has 3 rings (SSSR count). The number of H-pyrrole nitrogens is 1. The van der Waals surface area contributed by atoms with E-state index in [2.05, 4.69) is 25.0 Å². The third-order valence-corrected chi connectivity index (χ3v) is 1.92. The third-order valence-electron chi connectivity index (χ3n) is 1.92. The Hall–Kier alpha value is -2.24. The molecule has 0 radical (unpaired) electrons. The number of hydrogen-bond acceptors (Lipinski definition) is 4. The van der Waals surface area contributed by atoms with Crippen molar-refractivity contribution in [3.63, 3.8) is 0 Å². The predicted octanol–water partition coefficient (Wildman–Crippen LogP) is 0.539. The first-order valence-electron chi connectivity index (χ1n) is 4.08. The van der Waals surface area contributed by atoms with Gasteiger partial charge >= 0.3 is 0 Å². The number of imidazole rings is 1. The van der Waals surface area contributed by atoms with Gasteiger partial charge in [-0.1, -0.05) is 0 Å². The van der Waals surface area contributed by atoms with Crippen molar-refractivity contribution in [3.05, 3.63) is 31.1 Å². The van der Waals surface area contributed by atoms with Crippen molar-refractivity contribution in [2.75, 3.05) is 0 Å². The zero-order chi connectivity index (χ0) is 9.38. The molecule has 0 atom stereocenters. The zero-order valence-electron chi connectivity index (χ0n) is 7.12. The van der Waals surface area contributed by atoms with Gasteiger partial charge in [0.25, 0.3) is 0 Å². The van der Waals surface area contributed by atoms with Gasteiger partial charge in [-0.2, -0.15) is 5.10 Å². The molecule has 0 amide bonds. The zero-order valence-corrected chi connectivity index (χ0v) is 7.12. The fourth-order valence-electron chi connectivity index (χ4n) is 1.27. The minimum Gasteiger partial charge on any atom is -0.343 e. The summed E-state index contributed by atoms with van der Waals surface area (Å²) in [5.74, 6) is 0.710. The molecule has 3 heterocycles. The van der Waals surface area contributed by atoms with Gasteiger partial charge in [0.15, 0.2) is 11.5 Å². The Balaban J connectivity index is 2.23. The Kier molecular flexibility index (Phi) is 1.35. The summed E-state index contributed by atoms with van der Waals surface area (Å²) in [7, 11) is 0. The molecule has 0 saturated carbocycles. The van der Waals surface area contributed by atoms with Gasteiger partial charge in [0.05, 0.1) is 11.8 Å². The van der Waals surface area contributed by atoms with Crippen LogP contribution in [0, 0.1) is 0 Å². The summed E-state index contributed by atoms with van der Waals surface area (Å²) in [5, 5.41) is 3.98. The van der Waals surface area contributed by atoms with Gasteiger partial charge in [-0.3, -0.25) is 0 Å². The first-order chi connectivity index (χ1) is 6.93. The molecule has 0 aromatic carbocycles. The van der Waals surface area contributed by atoms with E-state index in [1.54, 1.807) is 17.3 Å². The normalized spacial score (nSPS) is 10.9. The van der Waals surface area contributed by atoms with Crippen LogP contribution < -0.4 is 0 Å². The summed E-state index contributed by atoms with van der Waals surface area (Å²) in [6.07, 6.45) is 4.68. The van der Waals surface area contributed by atoms with E-state index in [1.807, 2.05) is 12.1 Å². The Morgan fingerprint density at radius 2 is 2.29 bits per heavy atom. The van der Waals surface area contributed by atoms with Gasteiger partial charge in [-0.25, -0.2) is 19.6 Å². The number of fused-ring (bicyclic) bond motifs is 1. The number of aromatic nitrogens is 6. The van der Waals surface area contributed by atoms with Gasteiger partial charge in [0.2, 0.25) is 0 Å². The lowest BCUT2D eigenvalue weighted by atomic mass is 10.4. The Bertz CT molecular complexity index is 552. The molecule has 68 valence electrons. The summed E-state index contributed by atoms with van der Waals surface area (Å²) in [6.45, 7) is 0. The molecule has 0 bridgehead atoms. The molecular weight excluding hydrogens is 180 g/mol. The Labute approximate surface area is 78.6 Å². The first kappa shape index (κ1) is 7.19. The second-order valence-electron chi connectivity index (χ2n) is 2.78. The van der Waals surface area contributed by atoms with Crippen molar-refractivity contribution in [1.82, 2.24) is 29.7 Å². The molecule has 0 saturated heterocycles. The highest BCUT2D eigenvalue weighted by Crippen LogP contribution is 2.08. The summed E-state index contributed by atoms with van der Waals surface area (Å²) in [5.41, 5.74) is 1.59. The number of aromatic amines is 1. The number of nitrogens with one attached hydrogen (secondary N) is 1. The van der Waals surface area contributed by atoms with Crippen molar-refractivity contribution < 1.29 is 0 Å². The van der Waals surface area contributed by atoms with E-state index in [0.29, 0.717) is 11.5 Å². The van der Waals surface area contributed by atoms with Crippen LogP contribution in [0.3, 0.4) is 0 Å². The SMILES string of the molecule is c1ncn(-c2ccc3[nH]cnc3n2)n1. The molecule has 6 nitrogen and oxygen atoms in total. The third kappa shape index (κ3) is 0.972. The maximum atomic E-state index is 4.30. The molecule has 0 aliphatic carbocycles. The monoisotopic (exact) mass is 186 g/mol. The molecule has 0 aliphatic heterocycles. The van der Waals surface area contributed by atoms with Crippen molar-refractivity contribution >= 4 is 11.2 Å². The van der Waals surface area contributed by atoms with Gasteiger partial charge in [-0.05, 0) is 12.1 Å². The smallest absolute Gasteiger partial charge is 0.179 e. The van der Waals surface area contributed by atoms with E-state index in [1.165, 1.54) is 6.33 Å². The predicted molar refractivity (Wildman–Crippen MR) is 48.8 cm³/mol. The highest BCUT2D eigenvalue weighted by atomic mass is 15.3. The van der Waals surface area contributed by atoms with Crippen LogP contribution in [0.4, 0.5) is 0 Å². The van der Waals surface area contributed by atoms with E-state index in [0.717, 1.165) is 5.52 Å². The van der Waals surface area contributed by atoms with Crippen LogP contribution in [0.1, 0.15) is 0 Å². The van der Waals surface area contributed by atoms with E-state index in [-0.39, 0.29) is 0 Å². The standard InChI is InChI=1S/C8H6N6/c1-2-7(14-5-9-3-12-14)13-8-6(1)10-4-11-8/h1-5H,(H,10,11,13). The van der Waals surface area contributed by atoms with E-state index in [4.69, 9.17) is 0 Å². The second kappa shape index (κ2) is 2.63. The van der Waals surface area contributed by atoms with Crippen LogP contribution in [0.5, 0.6) is 0 Å². The molecule has 6 heteroatoms. The number of nitrogens with zero attached hydrogens (tertiary/aromatic N) is 5. The van der Waals surface area contributed by atoms with Crippen LogP contribution in [0.25, 0.3) is 17.0 Å². The van der Waals surface area contributed by atoms with Crippen LogP contribution in [-0.4, -0.2) is 29.7 Å². The van der Waals surface area contributed by atoms with Crippen molar-refractivity contribution in [1.29, 1.82) is 0 Å². The molecule has 3 aromatic heterocycles. The molecule has 3 aromatic rings. The molecular formula is C8H6N6. The van der Waals surface area contributed by atoms with Crippen molar-refractivity contribution in [2.24, 2.45) is 0 Å². The maximum Gasteiger partial charge on any atom is 0.179 e. The molecule has 0 unspecified atom stereocenters. The molecule has 0 aliphatic rings. The molecule has 0 fully saturated rings. The lowest BCUT2D eigenvalue weighted by Crippen LogP contribution is -1.97. The van der Waals surface area contributed by atoms with Crippen LogP contribution >= 0.6 is 0 Å². The van der Waals surface area contributed by atoms with Crippen molar-refractivity contribution in [2.45, 2.75) is 0 Å². The highest BCUT2D eigenvalue weighted by Gasteiger charge is 2.01. The Morgan fingerprint density at radius 3 is 3.14 bits per heavy atom. The molecule has 14 heavy (non-hydrogen) atoms. The van der Waals surface area contributed by atoms with E-state index in [9.17, 15) is 0 Å². The minimum absolute atomic E-state index is 0.679. The average Bonchev–Trinajstić information content (AvgIpc) is 2.88. The van der Waals surface area contributed by atoms with Gasteiger partial charge in [0.1, 0.15) is 12.7 Å². The summed E-state index contributed by atoms with van der Waals surface area (Å²) < 4.78 is 1.59.